The van der Waals surface area contributed by atoms with Crippen molar-refractivity contribution in [2.24, 2.45) is 0 Å². The van der Waals surface area contributed by atoms with Crippen molar-refractivity contribution in [1.82, 2.24) is 4.98 Å². The fourth-order valence-corrected chi connectivity index (χ4v) is 2.32. The maximum Gasteiger partial charge on any atom is 0.152 e. The molecule has 1 heterocycles. The Morgan fingerprint density at radius 2 is 2.06 bits per heavy atom. The van der Waals surface area contributed by atoms with Gasteiger partial charge in [0.05, 0.1) is 5.69 Å². The first-order valence-electron chi connectivity index (χ1n) is 5.36. The minimum atomic E-state index is 0.463. The van der Waals surface area contributed by atoms with Crippen LogP contribution in [0.2, 0.25) is 10.2 Å². The number of anilines is 1. The Bertz CT molecular complexity index is 573. The second-order valence-corrected chi connectivity index (χ2v) is 5.63. The molecule has 94 valence electrons. The molecule has 0 atom stereocenters. The first-order valence-corrected chi connectivity index (χ1v) is 6.91. The van der Waals surface area contributed by atoms with Gasteiger partial charge in [-0.15, -0.1) is 0 Å². The molecular formula is C13H11BrCl2N2. The molecule has 1 N–H and O–H groups in total. The summed E-state index contributed by atoms with van der Waals surface area (Å²) in [5.74, 6) is 0. The van der Waals surface area contributed by atoms with Crippen LogP contribution in [0, 0.1) is 6.92 Å². The van der Waals surface area contributed by atoms with E-state index in [0.717, 1.165) is 20.7 Å². The SMILES string of the molecule is Cc1cc(Cl)ccc1CNc1cc(Br)cnc1Cl. The summed E-state index contributed by atoms with van der Waals surface area (Å²) in [5.41, 5.74) is 3.13. The van der Waals surface area contributed by atoms with Crippen molar-refractivity contribution in [3.63, 3.8) is 0 Å². The molecule has 2 nitrogen and oxygen atoms in total. The lowest BCUT2D eigenvalue weighted by Crippen LogP contribution is -2.02. The monoisotopic (exact) mass is 344 g/mol. The van der Waals surface area contributed by atoms with Crippen molar-refractivity contribution in [3.8, 4) is 0 Å². The summed E-state index contributed by atoms with van der Waals surface area (Å²) in [5, 5.41) is 4.47. The van der Waals surface area contributed by atoms with Crippen LogP contribution in [0.3, 0.4) is 0 Å². The van der Waals surface area contributed by atoms with Gasteiger partial charge in [-0.25, -0.2) is 4.98 Å². The van der Waals surface area contributed by atoms with Gasteiger partial charge < -0.3 is 5.32 Å². The molecule has 1 aromatic heterocycles. The lowest BCUT2D eigenvalue weighted by atomic mass is 10.1. The molecular weight excluding hydrogens is 335 g/mol. The molecule has 1 aromatic carbocycles. The smallest absolute Gasteiger partial charge is 0.152 e. The third kappa shape index (κ3) is 3.37. The number of halogens is 3. The summed E-state index contributed by atoms with van der Waals surface area (Å²) >= 11 is 15.3. The molecule has 2 aromatic rings. The number of rotatable bonds is 3. The standard InChI is InChI=1S/C13H11BrCl2N2/c1-8-4-11(15)3-2-9(8)6-17-12-5-10(14)7-18-13(12)16/h2-5,7,17H,6H2,1H3. The largest absolute Gasteiger partial charge is 0.378 e. The van der Waals surface area contributed by atoms with Gasteiger partial charge in [-0.1, -0.05) is 29.3 Å². The van der Waals surface area contributed by atoms with Crippen molar-refractivity contribution in [2.75, 3.05) is 5.32 Å². The molecule has 0 saturated carbocycles. The summed E-state index contributed by atoms with van der Waals surface area (Å²) in [6, 6.07) is 7.73. The number of benzene rings is 1. The number of hydrogen-bond acceptors (Lipinski definition) is 2. The Morgan fingerprint density at radius 1 is 1.28 bits per heavy atom. The van der Waals surface area contributed by atoms with E-state index in [2.05, 4.69) is 26.2 Å². The van der Waals surface area contributed by atoms with Gasteiger partial charge in [0, 0.05) is 22.2 Å². The highest BCUT2D eigenvalue weighted by Gasteiger charge is 2.04. The summed E-state index contributed by atoms with van der Waals surface area (Å²) in [6.45, 7) is 2.71. The molecule has 0 bridgehead atoms. The van der Waals surface area contributed by atoms with Crippen LogP contribution in [0.5, 0.6) is 0 Å². The van der Waals surface area contributed by atoms with Crippen molar-refractivity contribution in [1.29, 1.82) is 0 Å². The lowest BCUT2D eigenvalue weighted by molar-refractivity contribution is 1.11. The predicted molar refractivity (Wildman–Crippen MR) is 80.5 cm³/mol. The van der Waals surface area contributed by atoms with Gasteiger partial charge in [-0.05, 0) is 52.2 Å². The summed E-state index contributed by atoms with van der Waals surface area (Å²) < 4.78 is 0.891. The molecule has 2 rings (SSSR count). The van der Waals surface area contributed by atoms with Crippen molar-refractivity contribution < 1.29 is 0 Å². The highest BCUT2D eigenvalue weighted by atomic mass is 79.9. The van der Waals surface area contributed by atoms with Gasteiger partial charge in [0.25, 0.3) is 0 Å². The Morgan fingerprint density at radius 3 is 2.78 bits per heavy atom. The second kappa shape index (κ2) is 5.91. The van der Waals surface area contributed by atoms with E-state index in [1.54, 1.807) is 6.20 Å². The number of nitrogens with zero attached hydrogens (tertiary/aromatic N) is 1. The summed E-state index contributed by atoms with van der Waals surface area (Å²) in [7, 11) is 0. The van der Waals surface area contributed by atoms with Crippen LogP contribution >= 0.6 is 39.1 Å². The van der Waals surface area contributed by atoms with Gasteiger partial charge >= 0.3 is 0 Å². The zero-order valence-corrected chi connectivity index (χ0v) is 12.8. The zero-order valence-electron chi connectivity index (χ0n) is 9.67. The molecule has 0 aliphatic carbocycles. The Hall–Kier alpha value is -0.770. The molecule has 0 fully saturated rings. The van der Waals surface area contributed by atoms with Gasteiger partial charge in [0.15, 0.2) is 5.15 Å². The average Bonchev–Trinajstić information content (AvgIpc) is 2.32. The summed E-state index contributed by atoms with van der Waals surface area (Å²) in [4.78, 5) is 4.06. The molecule has 0 unspecified atom stereocenters. The van der Waals surface area contributed by atoms with Crippen LogP contribution < -0.4 is 5.32 Å². The van der Waals surface area contributed by atoms with Crippen LogP contribution in [0.25, 0.3) is 0 Å². The number of nitrogens with one attached hydrogen (secondary N) is 1. The van der Waals surface area contributed by atoms with E-state index in [1.165, 1.54) is 5.56 Å². The minimum Gasteiger partial charge on any atom is -0.378 e. The van der Waals surface area contributed by atoms with Crippen molar-refractivity contribution in [2.45, 2.75) is 13.5 Å². The fourth-order valence-electron chi connectivity index (χ4n) is 1.59. The zero-order chi connectivity index (χ0) is 13.1. The van der Waals surface area contributed by atoms with Gasteiger partial charge in [-0.2, -0.15) is 0 Å². The van der Waals surface area contributed by atoms with Gasteiger partial charge in [0.2, 0.25) is 0 Å². The van der Waals surface area contributed by atoms with E-state index in [4.69, 9.17) is 23.2 Å². The second-order valence-electron chi connectivity index (χ2n) is 3.92. The minimum absolute atomic E-state index is 0.463. The van der Waals surface area contributed by atoms with E-state index in [-0.39, 0.29) is 0 Å². The third-order valence-electron chi connectivity index (χ3n) is 2.58. The first kappa shape index (κ1) is 13.7. The number of pyridine rings is 1. The van der Waals surface area contributed by atoms with Crippen molar-refractivity contribution >= 4 is 44.8 Å². The molecule has 5 heteroatoms. The molecule has 0 amide bonds. The van der Waals surface area contributed by atoms with Crippen LogP contribution in [-0.4, -0.2) is 4.98 Å². The molecule has 0 aliphatic rings. The van der Waals surface area contributed by atoms with Crippen LogP contribution in [-0.2, 0) is 6.54 Å². The van der Waals surface area contributed by atoms with E-state index in [1.807, 2.05) is 31.2 Å². The highest BCUT2D eigenvalue weighted by Crippen LogP contribution is 2.24. The van der Waals surface area contributed by atoms with Crippen LogP contribution in [0.15, 0.2) is 34.9 Å². The molecule has 18 heavy (non-hydrogen) atoms. The normalized spacial score (nSPS) is 10.4. The number of hydrogen-bond donors (Lipinski definition) is 1. The number of aromatic nitrogens is 1. The quantitative estimate of drug-likeness (QED) is 0.785. The number of aryl methyl sites for hydroxylation is 1. The average molecular weight is 346 g/mol. The molecule has 0 radical (unpaired) electrons. The molecule has 0 aliphatic heterocycles. The van der Waals surface area contributed by atoms with E-state index >= 15 is 0 Å². The fraction of sp³-hybridized carbons (Fsp3) is 0.154. The van der Waals surface area contributed by atoms with E-state index < -0.39 is 0 Å². The van der Waals surface area contributed by atoms with E-state index in [9.17, 15) is 0 Å². The topological polar surface area (TPSA) is 24.9 Å². The Labute approximate surface area is 124 Å². The highest BCUT2D eigenvalue weighted by molar-refractivity contribution is 9.10. The lowest BCUT2D eigenvalue weighted by Gasteiger charge is -2.10. The third-order valence-corrected chi connectivity index (χ3v) is 3.55. The maximum absolute atomic E-state index is 6.01. The van der Waals surface area contributed by atoms with E-state index in [0.29, 0.717) is 11.7 Å². The predicted octanol–water partition coefficient (Wildman–Crippen LogP) is 5.07. The summed E-state index contributed by atoms with van der Waals surface area (Å²) in [6.07, 6.45) is 1.67. The molecule has 0 saturated heterocycles. The van der Waals surface area contributed by atoms with Gasteiger partial charge in [-0.3, -0.25) is 0 Å². The first-order chi connectivity index (χ1) is 8.56. The Kier molecular flexibility index (Phi) is 4.49. The van der Waals surface area contributed by atoms with Crippen LogP contribution in [0.4, 0.5) is 5.69 Å². The van der Waals surface area contributed by atoms with Crippen LogP contribution in [0.1, 0.15) is 11.1 Å². The Balaban J connectivity index is 2.13. The van der Waals surface area contributed by atoms with Gasteiger partial charge in [0.1, 0.15) is 0 Å². The van der Waals surface area contributed by atoms with Crippen molar-refractivity contribution in [3.05, 3.63) is 56.2 Å². The molecule has 0 spiro atoms. The maximum atomic E-state index is 6.01.